The Morgan fingerprint density at radius 2 is 2.00 bits per heavy atom. The van der Waals surface area contributed by atoms with Crippen LogP contribution < -0.4 is 10.6 Å². The van der Waals surface area contributed by atoms with Crippen molar-refractivity contribution in [2.24, 2.45) is 0 Å². The molecule has 0 bridgehead atoms. The molecule has 1 atom stereocenters. The van der Waals surface area contributed by atoms with Gasteiger partial charge in [-0.3, -0.25) is 4.79 Å². The van der Waals surface area contributed by atoms with Gasteiger partial charge in [0.2, 0.25) is 5.91 Å². The van der Waals surface area contributed by atoms with E-state index in [0.717, 1.165) is 20.9 Å². The molecule has 2 aromatic rings. The molecule has 0 saturated heterocycles. The molecule has 2 aromatic carbocycles. The maximum atomic E-state index is 11.8. The van der Waals surface area contributed by atoms with Crippen LogP contribution in [0, 0.1) is 12.3 Å². The van der Waals surface area contributed by atoms with Gasteiger partial charge in [-0.25, -0.2) is 0 Å². The molecule has 102 valence electrons. The van der Waals surface area contributed by atoms with Crippen LogP contribution in [0.15, 0.2) is 40.9 Å². The maximum Gasteiger partial charge on any atom is 0.242 e. The summed E-state index contributed by atoms with van der Waals surface area (Å²) in [5.41, 5.74) is 0.923. The summed E-state index contributed by atoms with van der Waals surface area (Å²) in [7, 11) is 0. The zero-order valence-corrected chi connectivity index (χ0v) is 12.7. The van der Waals surface area contributed by atoms with Crippen LogP contribution in [0.2, 0.25) is 0 Å². The number of anilines is 1. The third kappa shape index (κ3) is 3.12. The molecule has 0 saturated carbocycles. The number of fused-ring (bicyclic) bond motifs is 1. The molecule has 4 heteroatoms. The summed E-state index contributed by atoms with van der Waals surface area (Å²) < 4.78 is 1.03. The predicted octanol–water partition coefficient (Wildman–Crippen LogP) is 3.15. The van der Waals surface area contributed by atoms with E-state index in [1.165, 1.54) is 0 Å². The number of halogens is 1. The number of hydrogen-bond acceptors (Lipinski definition) is 2. The third-order valence-corrected chi connectivity index (χ3v) is 3.69. The zero-order valence-electron chi connectivity index (χ0n) is 11.1. The fourth-order valence-corrected chi connectivity index (χ4v) is 2.46. The van der Waals surface area contributed by atoms with Gasteiger partial charge in [0.25, 0.3) is 0 Å². The van der Waals surface area contributed by atoms with E-state index in [-0.39, 0.29) is 18.5 Å². The van der Waals surface area contributed by atoms with Crippen LogP contribution in [0.5, 0.6) is 0 Å². The minimum atomic E-state index is -0.354. The van der Waals surface area contributed by atoms with Gasteiger partial charge in [-0.1, -0.05) is 46.1 Å². The van der Waals surface area contributed by atoms with Crippen LogP contribution in [-0.4, -0.2) is 18.5 Å². The summed E-state index contributed by atoms with van der Waals surface area (Å²) in [6.07, 6.45) is 5.13. The lowest BCUT2D eigenvalue weighted by molar-refractivity contribution is -0.121. The van der Waals surface area contributed by atoms with E-state index in [0.29, 0.717) is 0 Å². The first-order valence-corrected chi connectivity index (χ1v) is 7.07. The molecule has 0 radical (unpaired) electrons. The van der Waals surface area contributed by atoms with Crippen molar-refractivity contribution in [3.8, 4) is 12.3 Å². The van der Waals surface area contributed by atoms with Crippen LogP contribution in [0.3, 0.4) is 0 Å². The van der Waals surface area contributed by atoms with Gasteiger partial charge in [0.1, 0.15) is 6.04 Å². The number of terminal acetylenes is 1. The highest BCUT2D eigenvalue weighted by atomic mass is 79.9. The minimum Gasteiger partial charge on any atom is -0.373 e. The lowest BCUT2D eigenvalue weighted by atomic mass is 10.1. The Kier molecular flexibility index (Phi) is 4.65. The Balaban J connectivity index is 2.24. The Bertz CT molecular complexity index is 676. The van der Waals surface area contributed by atoms with Crippen molar-refractivity contribution < 1.29 is 4.79 Å². The van der Waals surface area contributed by atoms with Crippen LogP contribution in [0.25, 0.3) is 10.8 Å². The Morgan fingerprint density at radius 3 is 2.70 bits per heavy atom. The Morgan fingerprint density at radius 1 is 1.30 bits per heavy atom. The highest BCUT2D eigenvalue weighted by Gasteiger charge is 2.13. The van der Waals surface area contributed by atoms with E-state index in [1.54, 1.807) is 0 Å². The lowest BCUT2D eigenvalue weighted by Gasteiger charge is -2.16. The van der Waals surface area contributed by atoms with E-state index < -0.39 is 0 Å². The quantitative estimate of drug-likeness (QED) is 0.845. The molecule has 0 aromatic heterocycles. The van der Waals surface area contributed by atoms with Crippen molar-refractivity contribution in [1.29, 1.82) is 0 Å². The Hall–Kier alpha value is -1.99. The molecular weight excluding hydrogens is 316 g/mol. The first-order valence-electron chi connectivity index (χ1n) is 6.28. The average Bonchev–Trinajstić information content (AvgIpc) is 2.47. The second-order valence-electron chi connectivity index (χ2n) is 4.43. The van der Waals surface area contributed by atoms with Gasteiger partial charge < -0.3 is 10.6 Å². The van der Waals surface area contributed by atoms with Gasteiger partial charge in [-0.15, -0.1) is 6.42 Å². The summed E-state index contributed by atoms with van der Waals surface area (Å²) in [6, 6.07) is 11.6. The molecule has 20 heavy (non-hydrogen) atoms. The van der Waals surface area contributed by atoms with E-state index >= 15 is 0 Å². The molecule has 0 fully saturated rings. The fourth-order valence-electron chi connectivity index (χ4n) is 1.98. The zero-order chi connectivity index (χ0) is 14.5. The Labute approximate surface area is 126 Å². The molecule has 0 heterocycles. The number of benzene rings is 2. The number of carbonyl (C=O) groups excluding carboxylic acids is 1. The second kappa shape index (κ2) is 6.44. The monoisotopic (exact) mass is 330 g/mol. The largest absolute Gasteiger partial charge is 0.373 e. The highest BCUT2D eigenvalue weighted by molar-refractivity contribution is 9.10. The number of hydrogen-bond donors (Lipinski definition) is 2. The van der Waals surface area contributed by atoms with Gasteiger partial charge in [0.15, 0.2) is 0 Å². The van der Waals surface area contributed by atoms with Crippen LogP contribution in [0.1, 0.15) is 6.92 Å². The van der Waals surface area contributed by atoms with E-state index in [9.17, 15) is 4.79 Å². The van der Waals surface area contributed by atoms with Gasteiger partial charge in [-0.05, 0) is 24.4 Å². The molecule has 0 aliphatic heterocycles. The number of nitrogens with one attached hydrogen (secondary N) is 2. The summed E-state index contributed by atoms with van der Waals surface area (Å²) >= 11 is 3.53. The van der Waals surface area contributed by atoms with Gasteiger partial charge in [0.05, 0.1) is 6.54 Å². The lowest BCUT2D eigenvalue weighted by Crippen LogP contribution is -2.37. The average molecular weight is 331 g/mol. The molecule has 2 rings (SSSR count). The van der Waals surface area contributed by atoms with Gasteiger partial charge in [0, 0.05) is 15.5 Å². The summed E-state index contributed by atoms with van der Waals surface area (Å²) in [5, 5.41) is 8.06. The smallest absolute Gasteiger partial charge is 0.242 e. The second-order valence-corrected chi connectivity index (χ2v) is 5.28. The number of carbonyl (C=O) groups is 1. The van der Waals surface area contributed by atoms with Crippen molar-refractivity contribution in [2.75, 3.05) is 11.9 Å². The van der Waals surface area contributed by atoms with Crippen molar-refractivity contribution in [2.45, 2.75) is 13.0 Å². The van der Waals surface area contributed by atoms with Crippen molar-refractivity contribution in [1.82, 2.24) is 5.32 Å². The maximum absolute atomic E-state index is 11.8. The van der Waals surface area contributed by atoms with E-state index in [1.807, 2.05) is 43.3 Å². The first-order chi connectivity index (χ1) is 9.63. The SMILES string of the molecule is C#CCNC(=O)C(C)Nc1ccc(Br)c2ccccc12. The summed E-state index contributed by atoms with van der Waals surface area (Å²) in [6.45, 7) is 2.05. The van der Waals surface area contributed by atoms with Crippen molar-refractivity contribution >= 4 is 38.3 Å². The standard InChI is InChI=1S/C16H15BrN2O/c1-3-10-18-16(20)11(2)19-15-9-8-14(17)12-6-4-5-7-13(12)15/h1,4-9,11,19H,10H2,2H3,(H,18,20). The normalized spacial score (nSPS) is 11.7. The van der Waals surface area contributed by atoms with Gasteiger partial charge in [-0.2, -0.15) is 0 Å². The number of amides is 1. The number of rotatable bonds is 4. The molecule has 0 aliphatic carbocycles. The van der Waals surface area contributed by atoms with Crippen LogP contribution in [0.4, 0.5) is 5.69 Å². The third-order valence-electron chi connectivity index (χ3n) is 3.00. The fraction of sp³-hybridized carbons (Fsp3) is 0.188. The van der Waals surface area contributed by atoms with Crippen LogP contribution >= 0.6 is 15.9 Å². The summed E-state index contributed by atoms with van der Waals surface area (Å²) in [5.74, 6) is 2.27. The molecule has 0 aliphatic rings. The molecule has 2 N–H and O–H groups in total. The topological polar surface area (TPSA) is 41.1 Å². The van der Waals surface area contributed by atoms with Crippen LogP contribution in [-0.2, 0) is 4.79 Å². The summed E-state index contributed by atoms with van der Waals surface area (Å²) in [4.78, 5) is 11.8. The highest BCUT2D eigenvalue weighted by Crippen LogP contribution is 2.30. The molecule has 1 unspecified atom stereocenters. The molecule has 0 spiro atoms. The van der Waals surface area contributed by atoms with E-state index in [2.05, 4.69) is 32.5 Å². The minimum absolute atomic E-state index is 0.116. The molecule has 3 nitrogen and oxygen atoms in total. The van der Waals surface area contributed by atoms with Crippen molar-refractivity contribution in [3.63, 3.8) is 0 Å². The molecule has 1 amide bonds. The van der Waals surface area contributed by atoms with Crippen molar-refractivity contribution in [3.05, 3.63) is 40.9 Å². The van der Waals surface area contributed by atoms with E-state index in [4.69, 9.17) is 6.42 Å². The predicted molar refractivity (Wildman–Crippen MR) is 86.6 cm³/mol. The molecular formula is C16H15BrN2O. The van der Waals surface area contributed by atoms with Gasteiger partial charge >= 0.3 is 0 Å². The first kappa shape index (κ1) is 14.4.